The van der Waals surface area contributed by atoms with Gasteiger partial charge in [-0.15, -0.1) is 0 Å². The number of nitrogens with zero attached hydrogens (tertiary/aromatic N) is 5. The van der Waals surface area contributed by atoms with E-state index in [9.17, 15) is 14.0 Å². The molecule has 3 aromatic heterocycles. The molecule has 0 aliphatic carbocycles. The first-order valence-electron chi connectivity index (χ1n) is 13.5. The largest absolute Gasteiger partial charge is 1.00 e. The molecule has 3 heterocycles. The summed E-state index contributed by atoms with van der Waals surface area (Å²) in [6.07, 6.45) is 4.18. The average Bonchev–Trinajstić information content (AvgIpc) is 3.67. The van der Waals surface area contributed by atoms with Crippen LogP contribution >= 0.6 is 0 Å². The van der Waals surface area contributed by atoms with Crippen molar-refractivity contribution in [3.8, 4) is 34.0 Å². The molecule has 10 nitrogen and oxygen atoms in total. The minimum atomic E-state index is -0.624. The maximum absolute atomic E-state index is 14.7. The predicted octanol–water partition coefficient (Wildman–Crippen LogP) is 2.09. The van der Waals surface area contributed by atoms with E-state index in [1.54, 1.807) is 10.6 Å². The normalized spacial score (nSPS) is 11.0. The number of unbranched alkanes of at least 4 members (excludes halogenated alkanes) is 1. The van der Waals surface area contributed by atoms with Crippen LogP contribution in [0.3, 0.4) is 0 Å². The van der Waals surface area contributed by atoms with Crippen molar-refractivity contribution in [1.82, 2.24) is 29.3 Å². The Labute approximate surface area is 289 Å². The van der Waals surface area contributed by atoms with Crippen LogP contribution in [0.15, 0.2) is 87.2 Å². The van der Waals surface area contributed by atoms with Crippen LogP contribution in [0.5, 0.6) is 5.75 Å². The molecule has 6 aromatic rings. The molecule has 0 aliphatic rings. The number of aromatic amines is 1. The third-order valence-corrected chi connectivity index (χ3v) is 7.22. The van der Waals surface area contributed by atoms with Crippen molar-refractivity contribution in [2.75, 3.05) is 7.11 Å². The van der Waals surface area contributed by atoms with Gasteiger partial charge in [-0.2, -0.15) is 10.1 Å². The molecule has 0 saturated heterocycles. The Morgan fingerprint density at radius 3 is 2.49 bits per heavy atom. The average molecular weight is 607 g/mol. The molecule has 214 valence electrons. The van der Waals surface area contributed by atoms with E-state index in [1.165, 1.54) is 30.1 Å². The predicted molar refractivity (Wildman–Crippen MR) is 156 cm³/mol. The fourth-order valence-electron chi connectivity index (χ4n) is 5.15. The molecule has 0 amide bonds. The van der Waals surface area contributed by atoms with E-state index >= 15 is 0 Å². The van der Waals surface area contributed by atoms with Gasteiger partial charge in [0.1, 0.15) is 6.33 Å². The van der Waals surface area contributed by atoms with Gasteiger partial charge in [0, 0.05) is 23.6 Å². The van der Waals surface area contributed by atoms with Crippen LogP contribution in [0, 0.1) is 5.82 Å². The summed E-state index contributed by atoms with van der Waals surface area (Å²) in [6.45, 7) is 2.09. The number of hydrogen-bond donors (Lipinski definition) is 1. The van der Waals surface area contributed by atoms with Crippen LogP contribution in [0.4, 0.5) is 4.39 Å². The van der Waals surface area contributed by atoms with E-state index in [-0.39, 0.29) is 64.1 Å². The minimum absolute atomic E-state index is 0. The number of fused-ring (bicyclic) bond motifs is 1. The Morgan fingerprint density at radius 1 is 1.05 bits per heavy atom. The van der Waals surface area contributed by atoms with Crippen molar-refractivity contribution in [3.05, 3.63) is 117 Å². The van der Waals surface area contributed by atoms with Crippen molar-refractivity contribution in [3.63, 3.8) is 0 Å². The zero-order valence-electron chi connectivity index (χ0n) is 25.0. The van der Waals surface area contributed by atoms with Gasteiger partial charge in [0.15, 0.2) is 17.4 Å². The molecule has 0 unspecified atom stereocenters. The fraction of sp³-hybridized carbons (Fsp3) is 0.194. The maximum Gasteiger partial charge on any atom is 1.00 e. The van der Waals surface area contributed by atoms with E-state index in [0.29, 0.717) is 35.7 Å². The zero-order chi connectivity index (χ0) is 29.2. The van der Waals surface area contributed by atoms with Crippen molar-refractivity contribution >= 4 is 5.78 Å². The number of methoxy groups -OCH3 is 1. The molecule has 43 heavy (non-hydrogen) atoms. The summed E-state index contributed by atoms with van der Waals surface area (Å²) in [5, 5.41) is 8.27. The summed E-state index contributed by atoms with van der Waals surface area (Å²) >= 11 is 0. The number of halogens is 1. The molecule has 0 spiro atoms. The third kappa shape index (κ3) is 6.06. The standard InChI is InChI=1S/C31H27FN6O4.K.H/c1-3-4-9-26-24(29(39)37(30-33-18-34-38(26)30)21-14-15-27(41-2)25(32)17-21)16-19-10-12-20(13-11-19)22-7-5-6-8-23(22)28-35-31(40)42-36-28;;/h5-8,10-15,17-18H,3-4,9,16H2,1-2H3,(H,35,36,40);;/q;+1;-1. The number of nitrogens with one attached hydrogen (secondary N) is 1. The molecule has 3 aromatic carbocycles. The summed E-state index contributed by atoms with van der Waals surface area (Å²) < 4.78 is 27.5. The molecular weight excluding hydrogens is 578 g/mol. The van der Waals surface area contributed by atoms with E-state index in [2.05, 4.69) is 27.1 Å². The number of H-pyrrole nitrogens is 1. The number of ether oxygens (including phenoxy) is 1. The molecule has 0 atom stereocenters. The van der Waals surface area contributed by atoms with Crippen LogP contribution in [0.25, 0.3) is 34.0 Å². The molecule has 0 saturated carbocycles. The third-order valence-electron chi connectivity index (χ3n) is 7.22. The summed E-state index contributed by atoms with van der Waals surface area (Å²) in [7, 11) is 1.39. The van der Waals surface area contributed by atoms with Crippen LogP contribution in [-0.4, -0.2) is 36.4 Å². The van der Waals surface area contributed by atoms with Gasteiger partial charge in [0.25, 0.3) is 5.56 Å². The van der Waals surface area contributed by atoms with Gasteiger partial charge in [-0.1, -0.05) is 67.0 Å². The first-order chi connectivity index (χ1) is 20.5. The van der Waals surface area contributed by atoms with E-state index in [1.807, 2.05) is 48.5 Å². The Kier molecular flexibility index (Phi) is 9.52. The van der Waals surface area contributed by atoms with Crippen molar-refractivity contribution in [1.29, 1.82) is 0 Å². The number of rotatable bonds is 9. The van der Waals surface area contributed by atoms with Crippen molar-refractivity contribution < 1.29 is 66.5 Å². The molecule has 6 rings (SSSR count). The van der Waals surface area contributed by atoms with Gasteiger partial charge < -0.3 is 6.16 Å². The van der Waals surface area contributed by atoms with Gasteiger partial charge in [0.2, 0.25) is 5.78 Å². The Hall–Kier alpha value is -3.68. The van der Waals surface area contributed by atoms with Gasteiger partial charge in [-0.3, -0.25) is 14.3 Å². The second kappa shape index (κ2) is 13.3. The minimum Gasteiger partial charge on any atom is -1.00 e. The Bertz CT molecular complexity index is 2020. The second-order valence-electron chi connectivity index (χ2n) is 9.82. The smallest absolute Gasteiger partial charge is 1.00 e. The molecule has 12 heteroatoms. The monoisotopic (exact) mass is 606 g/mol. The first-order valence-corrected chi connectivity index (χ1v) is 13.5. The van der Waals surface area contributed by atoms with Gasteiger partial charge >= 0.3 is 57.1 Å². The number of hydrogen-bond acceptors (Lipinski definition) is 7. The van der Waals surface area contributed by atoms with Gasteiger partial charge in [-0.25, -0.2) is 18.3 Å². The first kappa shape index (κ1) is 30.8. The number of aromatic nitrogens is 6. The van der Waals surface area contributed by atoms with Crippen LogP contribution in [0.2, 0.25) is 0 Å². The van der Waals surface area contributed by atoms with Crippen molar-refractivity contribution in [2.24, 2.45) is 0 Å². The summed E-state index contributed by atoms with van der Waals surface area (Å²) in [4.78, 5) is 32.6. The Balaban J connectivity index is 0.00000221. The van der Waals surface area contributed by atoms with E-state index in [0.717, 1.165) is 40.8 Å². The second-order valence-corrected chi connectivity index (χ2v) is 9.82. The molecule has 0 fully saturated rings. The number of benzene rings is 3. The molecule has 0 radical (unpaired) electrons. The quantitative estimate of drug-likeness (QED) is 0.250. The van der Waals surface area contributed by atoms with Crippen molar-refractivity contribution in [2.45, 2.75) is 32.6 Å². The van der Waals surface area contributed by atoms with Gasteiger partial charge in [-0.05, 0) is 41.7 Å². The summed E-state index contributed by atoms with van der Waals surface area (Å²) in [5.41, 5.74) is 4.80. The molecule has 0 bridgehead atoms. The van der Waals surface area contributed by atoms with Crippen LogP contribution in [-0.2, 0) is 12.8 Å². The SMILES string of the molecule is CCCCc1c(Cc2ccc(-c3ccccc3-c3noc(=O)[nH]3)cc2)c(=O)n(-c2ccc(OC)c(F)c2)c2ncnn12.[H-].[K+]. The Morgan fingerprint density at radius 2 is 1.81 bits per heavy atom. The molecular formula is C31H28FKN6O4. The summed E-state index contributed by atoms with van der Waals surface area (Å²) in [5.74, 6) is -0.460. The van der Waals surface area contributed by atoms with E-state index in [4.69, 9.17) is 9.26 Å². The molecule has 1 N–H and O–H groups in total. The number of aryl methyl sites for hydroxylation is 1. The van der Waals surface area contributed by atoms with E-state index < -0.39 is 11.6 Å². The van der Waals surface area contributed by atoms with Gasteiger partial charge in [0.05, 0.1) is 18.5 Å². The maximum atomic E-state index is 14.7. The summed E-state index contributed by atoms with van der Waals surface area (Å²) in [6, 6.07) is 19.8. The molecule has 0 aliphatic heterocycles. The topological polar surface area (TPSA) is 120 Å². The fourth-order valence-corrected chi connectivity index (χ4v) is 5.15. The van der Waals surface area contributed by atoms with Crippen LogP contribution < -0.4 is 67.4 Å². The zero-order valence-corrected chi connectivity index (χ0v) is 27.1. The van der Waals surface area contributed by atoms with Crippen LogP contribution in [0.1, 0.15) is 38.0 Å².